The second kappa shape index (κ2) is 5.69. The number of halogens is 5. The Hall–Kier alpha value is -0.430. The van der Waals surface area contributed by atoms with Crippen molar-refractivity contribution in [3.63, 3.8) is 0 Å². The Balaban J connectivity index is 3.51. The normalized spacial score (nSPS) is 10.3. The van der Waals surface area contributed by atoms with Gasteiger partial charge in [0, 0.05) is 0 Å². The lowest BCUT2D eigenvalue weighted by Crippen LogP contribution is -2.45. The Kier molecular flexibility index (Phi) is 4.94. The van der Waals surface area contributed by atoms with Crippen LogP contribution in [-0.2, 0) is 9.59 Å². The topological polar surface area (TPSA) is 89.4 Å². The molecule has 5 nitrogen and oxygen atoms in total. The molecule has 1 aromatic carbocycles. The average Bonchev–Trinajstić information content (AvgIpc) is 2.32. The van der Waals surface area contributed by atoms with Crippen LogP contribution in [0.3, 0.4) is 0 Å². The molecular weight excluding hydrogens is 347 g/mol. The van der Waals surface area contributed by atoms with Gasteiger partial charge >= 0.3 is 11.8 Å². The van der Waals surface area contributed by atoms with Gasteiger partial charge in [-0.2, -0.15) is 0 Å². The molecule has 2 amide bonds. The number of hydrogen-bond acceptors (Lipinski definition) is 3. The SMILES string of the molecule is NC(=O)C(=O)N(N)c1c(Cl)c(Cl)c(Cl)c(Cl)c1Cl. The molecule has 0 saturated heterocycles. The third-order valence-electron chi connectivity index (χ3n) is 1.86. The molecule has 0 spiro atoms. The van der Waals surface area contributed by atoms with Crippen molar-refractivity contribution in [1.82, 2.24) is 0 Å². The number of amides is 2. The molecule has 0 aliphatic rings. The van der Waals surface area contributed by atoms with E-state index in [-0.39, 0.29) is 30.8 Å². The molecule has 0 aromatic heterocycles. The van der Waals surface area contributed by atoms with Gasteiger partial charge in [0.1, 0.15) is 5.69 Å². The first kappa shape index (κ1) is 15.6. The van der Waals surface area contributed by atoms with Crippen LogP contribution in [0.2, 0.25) is 25.1 Å². The van der Waals surface area contributed by atoms with Gasteiger partial charge in [0.2, 0.25) is 0 Å². The minimum absolute atomic E-state index is 0.1000. The lowest BCUT2D eigenvalue weighted by molar-refractivity contribution is -0.135. The average molecular weight is 351 g/mol. The quantitative estimate of drug-likeness (QED) is 0.204. The van der Waals surface area contributed by atoms with E-state index < -0.39 is 11.8 Å². The fourth-order valence-corrected chi connectivity index (χ4v) is 2.34. The van der Waals surface area contributed by atoms with Crippen molar-refractivity contribution in [1.29, 1.82) is 0 Å². The van der Waals surface area contributed by atoms with E-state index in [0.717, 1.165) is 0 Å². The summed E-state index contributed by atoms with van der Waals surface area (Å²) in [4.78, 5) is 22.1. The largest absolute Gasteiger partial charge is 0.361 e. The molecule has 0 aliphatic carbocycles. The van der Waals surface area contributed by atoms with Crippen molar-refractivity contribution in [2.24, 2.45) is 11.6 Å². The summed E-state index contributed by atoms with van der Waals surface area (Å²) in [6.45, 7) is 0. The molecule has 0 aliphatic heterocycles. The van der Waals surface area contributed by atoms with Crippen LogP contribution in [0.5, 0.6) is 0 Å². The van der Waals surface area contributed by atoms with Crippen molar-refractivity contribution < 1.29 is 9.59 Å². The minimum atomic E-state index is -1.30. The van der Waals surface area contributed by atoms with Gasteiger partial charge < -0.3 is 5.73 Å². The first-order chi connectivity index (χ1) is 8.20. The van der Waals surface area contributed by atoms with Crippen LogP contribution in [0.25, 0.3) is 0 Å². The number of nitrogens with zero attached hydrogens (tertiary/aromatic N) is 1. The Bertz CT molecular complexity index is 519. The summed E-state index contributed by atoms with van der Waals surface area (Å²) in [6, 6.07) is 0. The molecule has 0 fully saturated rings. The highest BCUT2D eigenvalue weighted by molar-refractivity contribution is 6.57. The molecule has 4 N–H and O–H groups in total. The van der Waals surface area contributed by atoms with Crippen LogP contribution in [-0.4, -0.2) is 11.8 Å². The fourth-order valence-electron chi connectivity index (χ4n) is 1.03. The third-order valence-corrected chi connectivity index (χ3v) is 4.11. The summed E-state index contributed by atoms with van der Waals surface area (Å²) in [5.74, 6) is 2.84. The van der Waals surface area contributed by atoms with Gasteiger partial charge in [-0.05, 0) is 0 Å². The van der Waals surface area contributed by atoms with E-state index >= 15 is 0 Å². The first-order valence-electron chi connectivity index (χ1n) is 4.10. The number of benzene rings is 1. The van der Waals surface area contributed by atoms with Crippen LogP contribution >= 0.6 is 58.0 Å². The fraction of sp³-hybridized carbons (Fsp3) is 0. The maximum absolute atomic E-state index is 11.3. The highest BCUT2D eigenvalue weighted by Crippen LogP contribution is 2.47. The number of rotatable bonds is 1. The van der Waals surface area contributed by atoms with Gasteiger partial charge in [0.25, 0.3) is 0 Å². The highest BCUT2D eigenvalue weighted by Gasteiger charge is 2.27. The smallest absolute Gasteiger partial charge is 0.330 e. The molecule has 0 saturated carbocycles. The van der Waals surface area contributed by atoms with Crippen LogP contribution in [0.15, 0.2) is 0 Å². The maximum Gasteiger partial charge on any atom is 0.330 e. The van der Waals surface area contributed by atoms with E-state index in [1.807, 2.05) is 0 Å². The molecule has 0 unspecified atom stereocenters. The van der Waals surface area contributed by atoms with E-state index in [2.05, 4.69) is 0 Å². The molecule has 0 atom stereocenters. The number of primary amides is 1. The van der Waals surface area contributed by atoms with E-state index in [1.165, 1.54) is 0 Å². The Morgan fingerprint density at radius 1 is 0.833 bits per heavy atom. The van der Waals surface area contributed by atoms with Crippen molar-refractivity contribution >= 4 is 75.5 Å². The molecule has 1 rings (SSSR count). The summed E-state index contributed by atoms with van der Waals surface area (Å²) < 4.78 is 0. The molecule has 18 heavy (non-hydrogen) atoms. The van der Waals surface area contributed by atoms with Crippen LogP contribution < -0.4 is 16.6 Å². The molecule has 0 bridgehead atoms. The van der Waals surface area contributed by atoms with E-state index in [0.29, 0.717) is 5.01 Å². The lowest BCUT2D eigenvalue weighted by Gasteiger charge is -2.19. The summed E-state index contributed by atoms with van der Waals surface area (Å²) in [5, 5.41) is -0.523. The highest BCUT2D eigenvalue weighted by atomic mass is 35.5. The van der Waals surface area contributed by atoms with Crippen molar-refractivity contribution in [3.05, 3.63) is 25.1 Å². The van der Waals surface area contributed by atoms with Gasteiger partial charge in [-0.25, -0.2) is 10.9 Å². The molecule has 10 heteroatoms. The van der Waals surface area contributed by atoms with E-state index in [1.54, 1.807) is 0 Å². The van der Waals surface area contributed by atoms with E-state index in [4.69, 9.17) is 69.6 Å². The Morgan fingerprint density at radius 2 is 1.17 bits per heavy atom. The van der Waals surface area contributed by atoms with Gasteiger partial charge in [0.05, 0.1) is 25.1 Å². The number of hydrazine groups is 1. The zero-order valence-corrected chi connectivity index (χ0v) is 12.1. The second-order valence-corrected chi connectivity index (χ2v) is 4.85. The minimum Gasteiger partial charge on any atom is -0.361 e. The number of carbonyl (C=O) groups excluding carboxylic acids is 2. The lowest BCUT2D eigenvalue weighted by atomic mass is 10.3. The van der Waals surface area contributed by atoms with Gasteiger partial charge in [-0.15, -0.1) is 0 Å². The number of nitrogens with two attached hydrogens (primary N) is 2. The third kappa shape index (κ3) is 2.61. The Labute approximate surface area is 126 Å². The summed E-state index contributed by atoms with van der Waals surface area (Å²) >= 11 is 28.9. The first-order valence-corrected chi connectivity index (χ1v) is 5.99. The van der Waals surface area contributed by atoms with Gasteiger partial charge in [0.15, 0.2) is 0 Å². The standard InChI is InChI=1S/C8H4Cl5N3O2/c9-1-2(10)4(12)6(5(13)3(1)11)16(15)8(18)7(14)17/h15H2,(H2,14,17). The number of carbonyl (C=O) groups is 2. The Morgan fingerprint density at radius 3 is 1.50 bits per heavy atom. The zero-order valence-electron chi connectivity index (χ0n) is 8.31. The van der Waals surface area contributed by atoms with Gasteiger partial charge in [-0.3, -0.25) is 9.59 Å². The van der Waals surface area contributed by atoms with E-state index in [9.17, 15) is 9.59 Å². The summed E-state index contributed by atoms with van der Waals surface area (Å²) in [7, 11) is 0. The maximum atomic E-state index is 11.3. The van der Waals surface area contributed by atoms with Crippen molar-refractivity contribution in [2.45, 2.75) is 0 Å². The molecular formula is C8H4Cl5N3O2. The van der Waals surface area contributed by atoms with Gasteiger partial charge in [-0.1, -0.05) is 58.0 Å². The number of hydrogen-bond donors (Lipinski definition) is 2. The molecule has 1 aromatic rings. The second-order valence-electron chi connectivity index (χ2n) is 2.96. The summed E-state index contributed by atoms with van der Waals surface area (Å²) in [5.41, 5.74) is 4.53. The molecule has 0 heterocycles. The van der Waals surface area contributed by atoms with Crippen LogP contribution in [0.4, 0.5) is 5.69 Å². The predicted octanol–water partition coefficient (Wildman–Crippen LogP) is 2.65. The van der Waals surface area contributed by atoms with Crippen LogP contribution in [0.1, 0.15) is 0 Å². The summed E-state index contributed by atoms with van der Waals surface area (Å²) in [6.07, 6.45) is 0. The van der Waals surface area contributed by atoms with Crippen molar-refractivity contribution in [3.8, 4) is 0 Å². The van der Waals surface area contributed by atoms with Crippen LogP contribution in [0, 0.1) is 0 Å². The molecule has 98 valence electrons. The zero-order chi connectivity index (χ0) is 14.2. The molecule has 0 radical (unpaired) electrons. The monoisotopic (exact) mass is 349 g/mol. The van der Waals surface area contributed by atoms with Crippen molar-refractivity contribution in [2.75, 3.05) is 5.01 Å². The number of anilines is 1. The predicted molar refractivity (Wildman–Crippen MR) is 72.4 cm³/mol.